The zero-order chi connectivity index (χ0) is 13.9. The number of amides is 1. The van der Waals surface area contributed by atoms with Gasteiger partial charge in [0.1, 0.15) is 0 Å². The molecule has 0 aliphatic heterocycles. The van der Waals surface area contributed by atoms with Gasteiger partial charge < -0.3 is 10.4 Å². The maximum absolute atomic E-state index is 12.2. The lowest BCUT2D eigenvalue weighted by atomic mass is 10.0. The first-order valence-electron chi connectivity index (χ1n) is 7.71. The van der Waals surface area contributed by atoms with Crippen molar-refractivity contribution in [1.29, 1.82) is 0 Å². The van der Waals surface area contributed by atoms with E-state index in [1.54, 1.807) is 11.3 Å². The van der Waals surface area contributed by atoms with Crippen LogP contribution < -0.4 is 5.32 Å². The van der Waals surface area contributed by atoms with Crippen LogP contribution in [0.3, 0.4) is 0 Å². The molecule has 1 saturated carbocycles. The SMILES string of the molecule is O=C(Nc1nc2c(s1)CCCCCC2)C1CCCC1O. The Kier molecular flexibility index (Phi) is 4.36. The quantitative estimate of drug-likeness (QED) is 0.881. The number of carbonyl (C=O) groups excluding carboxylic acids is 1. The van der Waals surface area contributed by atoms with Gasteiger partial charge in [-0.2, -0.15) is 0 Å². The van der Waals surface area contributed by atoms with E-state index in [1.165, 1.54) is 36.3 Å². The molecule has 2 atom stereocenters. The van der Waals surface area contributed by atoms with Gasteiger partial charge in [-0.05, 0) is 44.9 Å². The first kappa shape index (κ1) is 14.0. The van der Waals surface area contributed by atoms with Crippen LogP contribution in [0.2, 0.25) is 0 Å². The molecule has 2 aliphatic rings. The molecule has 1 heterocycles. The van der Waals surface area contributed by atoms with Crippen LogP contribution in [-0.2, 0) is 17.6 Å². The molecule has 0 saturated heterocycles. The van der Waals surface area contributed by atoms with Crippen molar-refractivity contribution in [1.82, 2.24) is 4.98 Å². The Morgan fingerprint density at radius 1 is 1.15 bits per heavy atom. The summed E-state index contributed by atoms with van der Waals surface area (Å²) in [5.74, 6) is -0.307. The van der Waals surface area contributed by atoms with E-state index in [2.05, 4.69) is 10.3 Å². The van der Waals surface area contributed by atoms with Gasteiger partial charge in [0, 0.05) is 4.88 Å². The van der Waals surface area contributed by atoms with Gasteiger partial charge in [0.15, 0.2) is 5.13 Å². The second-order valence-corrected chi connectivity index (χ2v) is 6.98. The number of hydrogen-bond acceptors (Lipinski definition) is 4. The predicted octanol–water partition coefficient (Wildman–Crippen LogP) is 2.90. The van der Waals surface area contributed by atoms with Crippen molar-refractivity contribution in [3.8, 4) is 0 Å². The van der Waals surface area contributed by atoms with Crippen molar-refractivity contribution >= 4 is 22.4 Å². The van der Waals surface area contributed by atoms with Crippen molar-refractivity contribution in [2.24, 2.45) is 5.92 Å². The molecule has 3 rings (SSSR count). The molecule has 1 amide bonds. The summed E-state index contributed by atoms with van der Waals surface area (Å²) in [4.78, 5) is 18.1. The Bertz CT molecular complexity index is 461. The Balaban J connectivity index is 1.68. The van der Waals surface area contributed by atoms with Crippen LogP contribution in [0.5, 0.6) is 0 Å². The lowest BCUT2D eigenvalue weighted by Crippen LogP contribution is -2.28. The number of thiazole rings is 1. The van der Waals surface area contributed by atoms with Gasteiger partial charge in [0.25, 0.3) is 0 Å². The summed E-state index contributed by atoms with van der Waals surface area (Å²) in [6.07, 6.45) is 9.13. The second-order valence-electron chi connectivity index (χ2n) is 5.90. The average molecular weight is 294 g/mol. The van der Waals surface area contributed by atoms with Crippen LogP contribution in [0.25, 0.3) is 0 Å². The molecular weight excluding hydrogens is 272 g/mol. The number of rotatable bonds is 2. The fourth-order valence-corrected chi connectivity index (χ4v) is 4.26. The predicted molar refractivity (Wildman–Crippen MR) is 80.0 cm³/mol. The van der Waals surface area contributed by atoms with E-state index in [0.717, 1.165) is 37.2 Å². The van der Waals surface area contributed by atoms with Crippen LogP contribution in [0.4, 0.5) is 5.13 Å². The molecule has 0 spiro atoms. The number of aliphatic hydroxyl groups is 1. The minimum atomic E-state index is -0.476. The average Bonchev–Trinajstić information content (AvgIpc) is 2.96. The van der Waals surface area contributed by atoms with E-state index < -0.39 is 6.10 Å². The van der Waals surface area contributed by atoms with Gasteiger partial charge in [0.05, 0.1) is 17.7 Å². The Morgan fingerprint density at radius 2 is 1.95 bits per heavy atom. The van der Waals surface area contributed by atoms with Crippen LogP contribution >= 0.6 is 11.3 Å². The maximum atomic E-state index is 12.2. The number of fused-ring (bicyclic) bond motifs is 1. The molecule has 1 aromatic heterocycles. The summed E-state index contributed by atoms with van der Waals surface area (Å²) < 4.78 is 0. The number of aromatic nitrogens is 1. The third-order valence-electron chi connectivity index (χ3n) is 4.39. The number of aryl methyl sites for hydroxylation is 2. The summed E-state index contributed by atoms with van der Waals surface area (Å²) in [7, 11) is 0. The molecule has 2 unspecified atom stereocenters. The fourth-order valence-electron chi connectivity index (χ4n) is 3.20. The van der Waals surface area contributed by atoms with Crippen LogP contribution in [0.1, 0.15) is 55.5 Å². The number of hydrogen-bond donors (Lipinski definition) is 2. The minimum Gasteiger partial charge on any atom is -0.392 e. The standard InChI is InChI=1S/C15H22N2O2S/c18-12-8-5-6-10(12)14(19)17-15-16-11-7-3-1-2-4-9-13(11)20-15/h10,12,18H,1-9H2,(H,16,17,19). The molecule has 5 heteroatoms. The minimum absolute atomic E-state index is 0.0586. The monoisotopic (exact) mass is 294 g/mol. The third kappa shape index (κ3) is 3.04. The lowest BCUT2D eigenvalue weighted by molar-refractivity contribution is -0.122. The van der Waals surface area contributed by atoms with Crippen molar-refractivity contribution in [2.75, 3.05) is 5.32 Å². The highest BCUT2D eigenvalue weighted by atomic mass is 32.1. The molecule has 20 heavy (non-hydrogen) atoms. The number of aliphatic hydroxyl groups excluding tert-OH is 1. The van der Waals surface area contributed by atoms with Crippen molar-refractivity contribution in [3.63, 3.8) is 0 Å². The van der Waals surface area contributed by atoms with Crippen LogP contribution in [0.15, 0.2) is 0 Å². The molecule has 1 aromatic rings. The maximum Gasteiger partial charge on any atom is 0.231 e. The molecule has 0 radical (unpaired) electrons. The molecule has 110 valence electrons. The Hall–Kier alpha value is -0.940. The van der Waals surface area contributed by atoms with E-state index in [9.17, 15) is 9.90 Å². The number of carbonyl (C=O) groups is 1. The van der Waals surface area contributed by atoms with Gasteiger partial charge in [-0.3, -0.25) is 4.79 Å². The molecular formula is C15H22N2O2S. The Labute approximate surface area is 123 Å². The van der Waals surface area contributed by atoms with Gasteiger partial charge in [-0.25, -0.2) is 4.98 Å². The lowest BCUT2D eigenvalue weighted by Gasteiger charge is -2.12. The van der Waals surface area contributed by atoms with Gasteiger partial charge in [-0.15, -0.1) is 11.3 Å². The Morgan fingerprint density at radius 3 is 2.70 bits per heavy atom. The number of nitrogens with zero attached hydrogens (tertiary/aromatic N) is 1. The normalized spacial score (nSPS) is 26.6. The largest absolute Gasteiger partial charge is 0.392 e. The number of anilines is 1. The first-order chi connectivity index (χ1) is 9.74. The van der Waals surface area contributed by atoms with Gasteiger partial charge in [0.2, 0.25) is 5.91 Å². The molecule has 4 nitrogen and oxygen atoms in total. The summed E-state index contributed by atoms with van der Waals surface area (Å²) in [6, 6.07) is 0. The van der Waals surface area contributed by atoms with Crippen LogP contribution in [0, 0.1) is 5.92 Å². The second kappa shape index (κ2) is 6.22. The van der Waals surface area contributed by atoms with Crippen molar-refractivity contribution < 1.29 is 9.90 Å². The van der Waals surface area contributed by atoms with E-state index in [-0.39, 0.29) is 11.8 Å². The fraction of sp³-hybridized carbons (Fsp3) is 0.733. The molecule has 1 fully saturated rings. The topological polar surface area (TPSA) is 62.2 Å². The van der Waals surface area contributed by atoms with E-state index in [0.29, 0.717) is 0 Å². The van der Waals surface area contributed by atoms with Gasteiger partial charge >= 0.3 is 0 Å². The summed E-state index contributed by atoms with van der Waals surface area (Å²) >= 11 is 1.62. The third-order valence-corrected chi connectivity index (χ3v) is 5.46. The highest BCUT2D eigenvalue weighted by Gasteiger charge is 2.32. The first-order valence-corrected chi connectivity index (χ1v) is 8.53. The van der Waals surface area contributed by atoms with E-state index in [4.69, 9.17) is 0 Å². The van der Waals surface area contributed by atoms with E-state index in [1.807, 2.05) is 0 Å². The van der Waals surface area contributed by atoms with E-state index >= 15 is 0 Å². The summed E-state index contributed by atoms with van der Waals surface area (Å²) in [5.41, 5.74) is 1.18. The number of nitrogens with one attached hydrogen (secondary N) is 1. The molecule has 2 N–H and O–H groups in total. The molecule has 0 bridgehead atoms. The smallest absolute Gasteiger partial charge is 0.231 e. The van der Waals surface area contributed by atoms with Crippen LogP contribution in [-0.4, -0.2) is 22.1 Å². The summed E-state index contributed by atoms with van der Waals surface area (Å²) in [5, 5.41) is 13.4. The highest BCUT2D eigenvalue weighted by molar-refractivity contribution is 7.15. The zero-order valence-corrected chi connectivity index (χ0v) is 12.5. The van der Waals surface area contributed by atoms with Crippen molar-refractivity contribution in [2.45, 2.75) is 63.9 Å². The summed E-state index contributed by atoms with van der Waals surface area (Å²) in [6.45, 7) is 0. The van der Waals surface area contributed by atoms with Crippen molar-refractivity contribution in [3.05, 3.63) is 10.6 Å². The zero-order valence-electron chi connectivity index (χ0n) is 11.7. The highest BCUT2D eigenvalue weighted by Crippen LogP contribution is 2.31. The molecule has 0 aromatic carbocycles. The molecule has 2 aliphatic carbocycles. The van der Waals surface area contributed by atoms with Gasteiger partial charge in [-0.1, -0.05) is 12.8 Å².